The minimum Gasteiger partial charge on any atom is -0.319 e. The second kappa shape index (κ2) is 2.87. The van der Waals surface area contributed by atoms with E-state index in [4.69, 9.17) is 5.73 Å². The van der Waals surface area contributed by atoms with Crippen molar-refractivity contribution in [1.82, 2.24) is 0 Å². The first-order valence-corrected chi connectivity index (χ1v) is 4.13. The molecule has 0 saturated carbocycles. The molecule has 0 saturated heterocycles. The van der Waals surface area contributed by atoms with Crippen LogP contribution in [0.5, 0.6) is 0 Å². The molecule has 1 rings (SSSR count). The average molecular weight is 164 g/mol. The fourth-order valence-electron chi connectivity index (χ4n) is 0.932. The first kappa shape index (κ1) is 9.20. The van der Waals surface area contributed by atoms with Crippen LogP contribution in [0.3, 0.4) is 0 Å². The zero-order valence-corrected chi connectivity index (χ0v) is 7.91. The first-order valence-electron chi connectivity index (χ1n) is 4.13. The Morgan fingerprint density at radius 2 is 1.75 bits per heavy atom. The fraction of sp³-hybridized carbons (Fsp3) is 0.500. The molecular formula is C10H16N2. The Labute approximate surface area is 73.9 Å². The predicted octanol–water partition coefficient (Wildman–Crippen LogP) is 1.88. The minimum absolute atomic E-state index is 0.00535. The number of hydrogen-bond donors (Lipinski definition) is 1. The predicted molar refractivity (Wildman–Crippen MR) is 53.1 cm³/mol. The molecule has 1 unspecified atom stereocenters. The molecule has 1 aliphatic heterocycles. The number of allylic oxidation sites excluding steroid dienone is 1. The van der Waals surface area contributed by atoms with Gasteiger partial charge in [0, 0.05) is 17.8 Å². The van der Waals surface area contributed by atoms with Crippen LogP contribution in [0.2, 0.25) is 0 Å². The molecule has 0 aliphatic carbocycles. The molecule has 0 amide bonds. The molecule has 0 bridgehead atoms. The van der Waals surface area contributed by atoms with E-state index >= 15 is 0 Å². The quantitative estimate of drug-likeness (QED) is 0.545. The van der Waals surface area contributed by atoms with Gasteiger partial charge in [-0.25, -0.2) is 0 Å². The summed E-state index contributed by atoms with van der Waals surface area (Å²) >= 11 is 0. The van der Waals surface area contributed by atoms with E-state index in [-0.39, 0.29) is 11.0 Å². The van der Waals surface area contributed by atoms with Gasteiger partial charge in [0.2, 0.25) is 0 Å². The molecule has 0 aromatic carbocycles. The Hall–Kier alpha value is -0.890. The monoisotopic (exact) mass is 164 g/mol. The third kappa shape index (κ3) is 2.62. The molecule has 66 valence electrons. The number of nitrogens with two attached hydrogens (primary N) is 1. The van der Waals surface area contributed by atoms with Gasteiger partial charge in [-0.2, -0.15) is 0 Å². The SMILES string of the molecule is CC1(C)C=CC(C)(N)C=CN=C1. The molecule has 12 heavy (non-hydrogen) atoms. The molecule has 2 heteroatoms. The van der Waals surface area contributed by atoms with E-state index in [9.17, 15) is 0 Å². The highest BCUT2D eigenvalue weighted by Gasteiger charge is 2.16. The summed E-state index contributed by atoms with van der Waals surface area (Å²) in [5.41, 5.74) is 5.56. The molecule has 0 radical (unpaired) electrons. The van der Waals surface area contributed by atoms with Gasteiger partial charge in [0.05, 0.1) is 5.54 Å². The summed E-state index contributed by atoms with van der Waals surface area (Å²) < 4.78 is 0. The lowest BCUT2D eigenvalue weighted by atomic mass is 9.90. The van der Waals surface area contributed by atoms with Crippen molar-refractivity contribution in [3.05, 3.63) is 24.4 Å². The van der Waals surface area contributed by atoms with Crippen LogP contribution in [0.4, 0.5) is 0 Å². The maximum absolute atomic E-state index is 5.92. The summed E-state index contributed by atoms with van der Waals surface area (Å²) in [4.78, 5) is 4.14. The summed E-state index contributed by atoms with van der Waals surface area (Å²) in [5, 5.41) is 0. The molecule has 0 spiro atoms. The van der Waals surface area contributed by atoms with Crippen molar-refractivity contribution in [2.75, 3.05) is 0 Å². The molecule has 0 fully saturated rings. The fourth-order valence-corrected chi connectivity index (χ4v) is 0.932. The Morgan fingerprint density at radius 1 is 1.08 bits per heavy atom. The summed E-state index contributed by atoms with van der Waals surface area (Å²) in [7, 11) is 0. The number of nitrogens with zero attached hydrogens (tertiary/aromatic N) is 1. The van der Waals surface area contributed by atoms with Gasteiger partial charge in [-0.05, 0) is 13.0 Å². The van der Waals surface area contributed by atoms with Crippen LogP contribution in [-0.2, 0) is 0 Å². The van der Waals surface area contributed by atoms with Crippen LogP contribution >= 0.6 is 0 Å². The summed E-state index contributed by atoms with van der Waals surface area (Å²) in [6.45, 7) is 6.15. The zero-order chi connectivity index (χ0) is 9.24. The highest BCUT2D eigenvalue weighted by atomic mass is 14.7. The van der Waals surface area contributed by atoms with Crippen molar-refractivity contribution in [2.45, 2.75) is 26.3 Å². The van der Waals surface area contributed by atoms with E-state index in [0.717, 1.165) is 0 Å². The van der Waals surface area contributed by atoms with Gasteiger partial charge in [-0.3, -0.25) is 4.99 Å². The van der Waals surface area contributed by atoms with Gasteiger partial charge in [-0.1, -0.05) is 26.0 Å². The molecule has 1 atom stereocenters. The molecule has 1 heterocycles. The minimum atomic E-state index is -0.366. The normalized spacial score (nSPS) is 33.0. The van der Waals surface area contributed by atoms with E-state index < -0.39 is 0 Å². The largest absolute Gasteiger partial charge is 0.319 e. The third-order valence-corrected chi connectivity index (χ3v) is 1.80. The molecule has 2 nitrogen and oxygen atoms in total. The lowest BCUT2D eigenvalue weighted by molar-refractivity contribution is 0.658. The van der Waals surface area contributed by atoms with Crippen LogP contribution in [0.15, 0.2) is 29.4 Å². The van der Waals surface area contributed by atoms with Crippen molar-refractivity contribution < 1.29 is 0 Å². The summed E-state index contributed by atoms with van der Waals surface area (Å²) in [6, 6.07) is 0. The second-order valence-electron chi connectivity index (χ2n) is 4.11. The third-order valence-electron chi connectivity index (χ3n) is 1.80. The van der Waals surface area contributed by atoms with E-state index in [0.29, 0.717) is 0 Å². The van der Waals surface area contributed by atoms with Crippen LogP contribution < -0.4 is 5.73 Å². The van der Waals surface area contributed by atoms with E-state index in [1.165, 1.54) is 0 Å². The highest BCUT2D eigenvalue weighted by Crippen LogP contribution is 2.18. The van der Waals surface area contributed by atoms with Crippen molar-refractivity contribution in [3.63, 3.8) is 0 Å². The van der Waals surface area contributed by atoms with Crippen molar-refractivity contribution in [1.29, 1.82) is 0 Å². The maximum atomic E-state index is 5.92. The molecule has 0 aromatic heterocycles. The van der Waals surface area contributed by atoms with Gasteiger partial charge in [-0.15, -0.1) is 0 Å². The van der Waals surface area contributed by atoms with Crippen LogP contribution in [0.25, 0.3) is 0 Å². The molecule has 2 N–H and O–H groups in total. The molecular weight excluding hydrogens is 148 g/mol. The van der Waals surface area contributed by atoms with Crippen molar-refractivity contribution in [2.24, 2.45) is 16.1 Å². The van der Waals surface area contributed by atoms with Crippen LogP contribution in [0, 0.1) is 5.41 Å². The number of hydrogen-bond acceptors (Lipinski definition) is 2. The van der Waals surface area contributed by atoms with Gasteiger partial charge in [0.15, 0.2) is 0 Å². The first-order chi connectivity index (χ1) is 5.41. The lowest BCUT2D eigenvalue weighted by Crippen LogP contribution is -2.32. The van der Waals surface area contributed by atoms with Gasteiger partial charge in [0.1, 0.15) is 0 Å². The smallest absolute Gasteiger partial charge is 0.0514 e. The molecule has 1 aliphatic rings. The Balaban J connectivity index is 2.97. The maximum Gasteiger partial charge on any atom is 0.0514 e. The Bertz CT molecular complexity index is 219. The van der Waals surface area contributed by atoms with Crippen LogP contribution in [0.1, 0.15) is 20.8 Å². The number of aliphatic imine (C=N–C) groups is 1. The van der Waals surface area contributed by atoms with Crippen molar-refractivity contribution >= 4 is 6.21 Å². The van der Waals surface area contributed by atoms with Crippen molar-refractivity contribution in [3.8, 4) is 0 Å². The number of rotatable bonds is 0. The van der Waals surface area contributed by atoms with E-state index in [1.54, 1.807) is 6.20 Å². The van der Waals surface area contributed by atoms with Gasteiger partial charge >= 0.3 is 0 Å². The highest BCUT2D eigenvalue weighted by molar-refractivity contribution is 5.68. The van der Waals surface area contributed by atoms with Gasteiger partial charge < -0.3 is 5.73 Å². The average Bonchev–Trinajstić information content (AvgIpc) is 1.94. The van der Waals surface area contributed by atoms with Gasteiger partial charge in [0.25, 0.3) is 0 Å². The summed E-state index contributed by atoms with van der Waals surface area (Å²) in [5.74, 6) is 0. The van der Waals surface area contributed by atoms with E-state index in [1.807, 2.05) is 25.3 Å². The van der Waals surface area contributed by atoms with E-state index in [2.05, 4.69) is 24.9 Å². The Morgan fingerprint density at radius 3 is 2.42 bits per heavy atom. The molecule has 0 aromatic rings. The summed E-state index contributed by atoms with van der Waals surface area (Å²) in [6.07, 6.45) is 9.64. The zero-order valence-electron chi connectivity index (χ0n) is 7.91. The topological polar surface area (TPSA) is 38.4 Å². The Kier molecular flexibility index (Phi) is 2.20. The lowest BCUT2D eigenvalue weighted by Gasteiger charge is -2.20. The second-order valence-corrected chi connectivity index (χ2v) is 4.11. The van der Waals surface area contributed by atoms with Crippen LogP contribution in [-0.4, -0.2) is 11.8 Å². The standard InChI is InChI=1S/C10H16N2/c1-9(2)4-5-10(3,11)6-7-12-8-9/h4-8H,11H2,1-3H3.